The van der Waals surface area contributed by atoms with Crippen LogP contribution in [0.2, 0.25) is 0 Å². The average Bonchev–Trinajstić information content (AvgIpc) is 3.90. The molecule has 0 aliphatic carbocycles. The Bertz CT molecular complexity index is 3570. The molecule has 4 nitrogen and oxygen atoms in total. The first kappa shape index (κ1) is 39.3. The van der Waals surface area contributed by atoms with E-state index in [4.69, 9.17) is 0 Å². The highest BCUT2D eigenvalue weighted by Crippen LogP contribution is 2.45. The lowest BCUT2D eigenvalue weighted by molar-refractivity contribution is 0.630. The summed E-state index contributed by atoms with van der Waals surface area (Å²) in [7, 11) is 0. The monoisotopic (exact) mass is 856 g/mol. The van der Waals surface area contributed by atoms with Crippen LogP contribution < -0.4 is 0 Å². The Morgan fingerprint density at radius 1 is 0.313 bits per heavy atom. The second kappa shape index (κ2) is 16.1. The summed E-state index contributed by atoms with van der Waals surface area (Å²) >= 11 is 0. The normalized spacial score (nSPS) is 11.3. The van der Waals surface area contributed by atoms with E-state index in [0.717, 1.165) is 88.1 Å². The van der Waals surface area contributed by atoms with E-state index in [-0.39, 0.29) is 5.56 Å². The minimum Gasteiger partial charge on any atom is -0.308 e. The summed E-state index contributed by atoms with van der Waals surface area (Å²) in [6.45, 7) is 0. The van der Waals surface area contributed by atoms with Gasteiger partial charge in [0.1, 0.15) is 5.82 Å². The highest BCUT2D eigenvalue weighted by Gasteiger charge is 2.26. The SMILES string of the molecule is N#Cc1ccc(-c2c(-n3c4ccc(-c5ccccc5)cc4c4cc(-c5ccccc5)ccc43)cc(C#N)cc2-n2c3ccc(-c4ccccc4)cc3c3cc(-c4ccccc4)ccc32)c(F)c1. The van der Waals surface area contributed by atoms with Gasteiger partial charge < -0.3 is 9.13 Å². The fraction of sp³-hybridized carbons (Fsp3) is 0. The third kappa shape index (κ3) is 6.65. The molecule has 12 rings (SSSR count). The summed E-state index contributed by atoms with van der Waals surface area (Å²) in [6.07, 6.45) is 0. The summed E-state index contributed by atoms with van der Waals surface area (Å²) in [5.41, 5.74) is 15.0. The van der Waals surface area contributed by atoms with E-state index in [1.807, 2.05) is 84.9 Å². The van der Waals surface area contributed by atoms with E-state index in [0.29, 0.717) is 28.1 Å². The van der Waals surface area contributed by atoms with Crippen molar-refractivity contribution in [2.75, 3.05) is 0 Å². The van der Waals surface area contributed by atoms with E-state index < -0.39 is 5.82 Å². The van der Waals surface area contributed by atoms with E-state index in [2.05, 4.69) is 143 Å². The van der Waals surface area contributed by atoms with Gasteiger partial charge in [-0.2, -0.15) is 10.5 Å². The van der Waals surface area contributed by atoms with Gasteiger partial charge in [0.15, 0.2) is 0 Å². The van der Waals surface area contributed by atoms with Gasteiger partial charge in [-0.1, -0.05) is 146 Å². The number of fused-ring (bicyclic) bond motifs is 6. The maximum Gasteiger partial charge on any atom is 0.132 e. The Hall–Kier alpha value is -9.29. The molecule has 0 aliphatic rings. The fourth-order valence-corrected chi connectivity index (χ4v) is 9.90. The Balaban J connectivity index is 1.21. The number of nitrogens with zero attached hydrogens (tertiary/aromatic N) is 4. The van der Waals surface area contributed by atoms with E-state index in [1.165, 1.54) is 6.07 Å². The van der Waals surface area contributed by atoms with Crippen LogP contribution in [-0.2, 0) is 0 Å². The highest BCUT2D eigenvalue weighted by molar-refractivity contribution is 6.14. The van der Waals surface area contributed by atoms with Gasteiger partial charge in [0.2, 0.25) is 0 Å². The van der Waals surface area contributed by atoms with Crippen molar-refractivity contribution in [3.8, 4) is 79.1 Å². The molecule has 0 fully saturated rings. The van der Waals surface area contributed by atoms with Gasteiger partial charge in [0.05, 0.1) is 56.7 Å². The molecule has 12 aromatic rings. The van der Waals surface area contributed by atoms with Gasteiger partial charge >= 0.3 is 0 Å². The lowest BCUT2D eigenvalue weighted by Gasteiger charge is -2.21. The molecule has 0 spiro atoms. The molecule has 2 heterocycles. The van der Waals surface area contributed by atoms with Gasteiger partial charge in [-0.25, -0.2) is 4.39 Å². The molecule has 0 aliphatic heterocycles. The fourth-order valence-electron chi connectivity index (χ4n) is 9.90. The summed E-state index contributed by atoms with van der Waals surface area (Å²) in [6, 6.07) is 80.4. The molecule has 5 heteroatoms. The van der Waals surface area contributed by atoms with Crippen molar-refractivity contribution < 1.29 is 4.39 Å². The quantitative estimate of drug-likeness (QED) is 0.160. The van der Waals surface area contributed by atoms with E-state index in [9.17, 15) is 10.5 Å². The second-order valence-electron chi connectivity index (χ2n) is 16.9. The molecule has 0 saturated heterocycles. The number of aromatic nitrogens is 2. The summed E-state index contributed by atoms with van der Waals surface area (Å²) in [4.78, 5) is 0. The Kier molecular flexibility index (Phi) is 9.42. The van der Waals surface area contributed by atoms with Gasteiger partial charge in [-0.05, 0) is 123 Å². The smallest absolute Gasteiger partial charge is 0.132 e. The summed E-state index contributed by atoms with van der Waals surface area (Å²) in [5, 5.41) is 25.0. The molecule has 10 aromatic carbocycles. The lowest BCUT2D eigenvalue weighted by Crippen LogP contribution is -2.06. The number of rotatable bonds is 7. The summed E-state index contributed by atoms with van der Waals surface area (Å²) < 4.78 is 21.5. The first-order chi connectivity index (χ1) is 33.0. The largest absolute Gasteiger partial charge is 0.308 e. The van der Waals surface area contributed by atoms with Gasteiger partial charge in [0.25, 0.3) is 0 Å². The third-order valence-corrected chi connectivity index (χ3v) is 13.0. The predicted octanol–water partition coefficient (Wildman–Crippen LogP) is 16.1. The van der Waals surface area contributed by atoms with Crippen molar-refractivity contribution in [1.29, 1.82) is 10.5 Å². The van der Waals surface area contributed by atoms with Crippen LogP contribution in [0.25, 0.3) is 111 Å². The van der Waals surface area contributed by atoms with Crippen LogP contribution in [-0.4, -0.2) is 9.13 Å². The maximum atomic E-state index is 17.1. The molecule has 0 atom stereocenters. The number of nitriles is 2. The molecule has 2 aromatic heterocycles. The molecular weight excluding hydrogens is 820 g/mol. The first-order valence-electron chi connectivity index (χ1n) is 22.2. The summed E-state index contributed by atoms with van der Waals surface area (Å²) in [5.74, 6) is -0.539. The van der Waals surface area contributed by atoms with Crippen molar-refractivity contribution in [3.63, 3.8) is 0 Å². The van der Waals surface area contributed by atoms with Crippen LogP contribution >= 0.6 is 0 Å². The number of halogens is 1. The third-order valence-electron chi connectivity index (χ3n) is 13.0. The van der Waals surface area contributed by atoms with Crippen LogP contribution in [0.3, 0.4) is 0 Å². The van der Waals surface area contributed by atoms with Gasteiger partial charge in [-0.3, -0.25) is 0 Å². The van der Waals surface area contributed by atoms with Crippen LogP contribution in [0.4, 0.5) is 4.39 Å². The Morgan fingerprint density at radius 2 is 0.642 bits per heavy atom. The minimum absolute atomic E-state index is 0.218. The van der Waals surface area contributed by atoms with Gasteiger partial charge in [-0.15, -0.1) is 0 Å². The van der Waals surface area contributed by atoms with E-state index >= 15 is 4.39 Å². The molecule has 0 amide bonds. The Labute approximate surface area is 386 Å². The average molecular weight is 857 g/mol. The molecule has 0 radical (unpaired) electrons. The standard InChI is InChI=1S/C62H37FN4/c63-55-31-40(38-64)21-26-50(55)62-60(66-56-27-22-46(42-13-5-1-6-14-42)34-51(56)52-35-47(23-28-57(52)66)43-15-7-2-8-16-43)32-41(39-65)33-61(62)67-58-29-24-48(44-17-9-3-10-18-44)36-53(58)54-37-49(25-30-59(54)67)45-19-11-4-12-20-45/h1-37H. The topological polar surface area (TPSA) is 57.4 Å². The maximum absolute atomic E-state index is 17.1. The lowest BCUT2D eigenvalue weighted by atomic mass is 9.96. The molecule has 0 unspecified atom stereocenters. The second-order valence-corrected chi connectivity index (χ2v) is 16.9. The van der Waals surface area contributed by atoms with Crippen molar-refractivity contribution in [2.24, 2.45) is 0 Å². The molecule has 67 heavy (non-hydrogen) atoms. The minimum atomic E-state index is -0.539. The van der Waals surface area contributed by atoms with Crippen molar-refractivity contribution in [2.45, 2.75) is 0 Å². The van der Waals surface area contributed by atoms with Crippen LogP contribution in [0.5, 0.6) is 0 Å². The zero-order valence-electron chi connectivity index (χ0n) is 36.0. The number of benzene rings is 10. The molecule has 312 valence electrons. The van der Waals surface area contributed by atoms with E-state index in [1.54, 1.807) is 12.1 Å². The van der Waals surface area contributed by atoms with Crippen LogP contribution in [0, 0.1) is 28.5 Å². The van der Waals surface area contributed by atoms with Gasteiger partial charge in [0, 0.05) is 32.7 Å². The van der Waals surface area contributed by atoms with Crippen molar-refractivity contribution in [3.05, 3.63) is 241 Å². The highest BCUT2D eigenvalue weighted by atomic mass is 19.1. The van der Waals surface area contributed by atoms with Crippen molar-refractivity contribution in [1.82, 2.24) is 9.13 Å². The van der Waals surface area contributed by atoms with Crippen molar-refractivity contribution >= 4 is 43.6 Å². The van der Waals surface area contributed by atoms with Crippen LogP contribution in [0.15, 0.2) is 224 Å². The zero-order chi connectivity index (χ0) is 45.0. The predicted molar refractivity (Wildman–Crippen MR) is 272 cm³/mol. The molecule has 0 bridgehead atoms. The number of hydrogen-bond donors (Lipinski definition) is 0. The first-order valence-corrected chi connectivity index (χ1v) is 22.2. The van der Waals surface area contributed by atoms with Crippen LogP contribution in [0.1, 0.15) is 11.1 Å². The molecule has 0 saturated carbocycles. The zero-order valence-corrected chi connectivity index (χ0v) is 36.0. The number of hydrogen-bond acceptors (Lipinski definition) is 2. The Morgan fingerprint density at radius 3 is 0.940 bits per heavy atom. The molecular formula is C62H37FN4. The molecule has 0 N–H and O–H groups in total.